The second-order valence-corrected chi connectivity index (χ2v) is 5.00. The zero-order valence-corrected chi connectivity index (χ0v) is 11.1. The van der Waals surface area contributed by atoms with Gasteiger partial charge in [0.05, 0.1) is 6.61 Å². The van der Waals surface area contributed by atoms with Crippen LogP contribution in [-0.2, 0) is 17.7 Å². The lowest BCUT2D eigenvalue weighted by atomic mass is 9.97. The molecule has 0 bridgehead atoms. The number of aromatic nitrogens is 1. The lowest BCUT2D eigenvalue weighted by molar-refractivity contribution is 0.0807. The summed E-state index contributed by atoms with van der Waals surface area (Å²) in [7, 11) is 1.79. The molecule has 2 aromatic rings. The molecule has 1 aliphatic heterocycles. The topological polar surface area (TPSA) is 28.3 Å². The summed E-state index contributed by atoms with van der Waals surface area (Å²) in [6, 6.07) is 9.10. The van der Waals surface area contributed by atoms with Gasteiger partial charge in [-0.05, 0) is 24.6 Å². The Kier molecular flexibility index (Phi) is 3.10. The summed E-state index contributed by atoms with van der Waals surface area (Å²) in [5.41, 5.74) is 4.12. The van der Waals surface area contributed by atoms with Crippen LogP contribution in [0.25, 0.3) is 10.9 Å². The first-order valence-electron chi connectivity index (χ1n) is 6.65. The Bertz CT molecular complexity index is 546. The van der Waals surface area contributed by atoms with Crippen molar-refractivity contribution in [3.8, 4) is 0 Å². The van der Waals surface area contributed by atoms with Crippen LogP contribution in [0.5, 0.6) is 0 Å². The highest BCUT2D eigenvalue weighted by Gasteiger charge is 2.27. The highest BCUT2D eigenvalue weighted by molar-refractivity contribution is 5.84. The standard InChI is InChI=1S/C15H20N2O/c1-3-17-9-15-13(8-11(17)10-18-2)12-6-4-5-7-14(12)16-15/h4-7,11,16H,3,8-10H2,1-2H3. The average molecular weight is 244 g/mol. The number of hydrogen-bond acceptors (Lipinski definition) is 2. The normalized spacial score (nSPS) is 20.2. The number of fused-ring (bicyclic) bond motifs is 3. The first-order valence-corrected chi connectivity index (χ1v) is 6.65. The Hall–Kier alpha value is -1.32. The van der Waals surface area contributed by atoms with E-state index in [1.165, 1.54) is 22.2 Å². The molecule has 0 spiro atoms. The molecular weight excluding hydrogens is 224 g/mol. The van der Waals surface area contributed by atoms with E-state index < -0.39 is 0 Å². The van der Waals surface area contributed by atoms with Crippen molar-refractivity contribution in [2.45, 2.75) is 25.9 Å². The number of ether oxygens (including phenoxy) is 1. The van der Waals surface area contributed by atoms with Crippen LogP contribution in [0, 0.1) is 0 Å². The van der Waals surface area contributed by atoms with Crippen LogP contribution in [0.4, 0.5) is 0 Å². The molecule has 3 nitrogen and oxygen atoms in total. The number of nitrogens with one attached hydrogen (secondary N) is 1. The molecule has 0 saturated carbocycles. The Labute approximate surface area is 108 Å². The predicted molar refractivity (Wildman–Crippen MR) is 73.8 cm³/mol. The van der Waals surface area contributed by atoms with E-state index in [9.17, 15) is 0 Å². The molecule has 0 radical (unpaired) electrons. The number of aromatic amines is 1. The van der Waals surface area contributed by atoms with E-state index >= 15 is 0 Å². The van der Waals surface area contributed by atoms with E-state index in [0.29, 0.717) is 6.04 Å². The van der Waals surface area contributed by atoms with Crippen LogP contribution in [0.3, 0.4) is 0 Å². The third-order valence-corrected chi connectivity index (χ3v) is 3.98. The van der Waals surface area contributed by atoms with E-state index in [2.05, 4.69) is 41.1 Å². The molecule has 2 heterocycles. The molecule has 3 heteroatoms. The Morgan fingerprint density at radius 3 is 3.00 bits per heavy atom. The number of rotatable bonds is 3. The van der Waals surface area contributed by atoms with Gasteiger partial charge in [-0.2, -0.15) is 0 Å². The van der Waals surface area contributed by atoms with Gasteiger partial charge in [-0.15, -0.1) is 0 Å². The maximum absolute atomic E-state index is 5.37. The van der Waals surface area contributed by atoms with Gasteiger partial charge in [0.25, 0.3) is 0 Å². The summed E-state index contributed by atoms with van der Waals surface area (Å²) < 4.78 is 5.37. The van der Waals surface area contributed by atoms with Gasteiger partial charge in [-0.1, -0.05) is 25.1 Å². The van der Waals surface area contributed by atoms with Gasteiger partial charge in [0.1, 0.15) is 0 Å². The number of methoxy groups -OCH3 is 1. The highest BCUT2D eigenvalue weighted by Crippen LogP contribution is 2.29. The smallest absolute Gasteiger partial charge is 0.0621 e. The molecule has 1 aromatic heterocycles. The summed E-state index contributed by atoms with van der Waals surface area (Å²) >= 11 is 0. The summed E-state index contributed by atoms with van der Waals surface area (Å²) in [6.07, 6.45) is 1.08. The van der Waals surface area contributed by atoms with Crippen LogP contribution in [0.2, 0.25) is 0 Å². The minimum absolute atomic E-state index is 0.506. The quantitative estimate of drug-likeness (QED) is 0.898. The molecule has 0 saturated heterocycles. The van der Waals surface area contributed by atoms with Crippen LogP contribution in [0.15, 0.2) is 24.3 Å². The number of hydrogen-bond donors (Lipinski definition) is 1. The van der Waals surface area contributed by atoms with Crippen molar-refractivity contribution >= 4 is 10.9 Å². The predicted octanol–water partition coefficient (Wildman–Crippen LogP) is 2.56. The van der Waals surface area contributed by atoms with Gasteiger partial charge in [0.2, 0.25) is 0 Å². The molecule has 0 aliphatic carbocycles. The fourth-order valence-corrected chi connectivity index (χ4v) is 3.05. The fraction of sp³-hybridized carbons (Fsp3) is 0.467. The third-order valence-electron chi connectivity index (χ3n) is 3.98. The Morgan fingerprint density at radius 1 is 1.39 bits per heavy atom. The molecule has 1 atom stereocenters. The van der Waals surface area contributed by atoms with E-state index in [4.69, 9.17) is 4.74 Å². The minimum atomic E-state index is 0.506. The summed E-state index contributed by atoms with van der Waals surface area (Å²) in [4.78, 5) is 6.05. The number of H-pyrrole nitrogens is 1. The first kappa shape index (κ1) is 11.8. The second-order valence-electron chi connectivity index (χ2n) is 5.00. The van der Waals surface area contributed by atoms with Gasteiger partial charge >= 0.3 is 0 Å². The number of likely N-dealkylation sites (N-methyl/N-ethyl adjacent to an activating group) is 1. The third kappa shape index (κ3) is 1.84. The molecular formula is C15H20N2O. The van der Waals surface area contributed by atoms with Crippen molar-refractivity contribution < 1.29 is 4.74 Å². The van der Waals surface area contributed by atoms with Gasteiger partial charge in [0.15, 0.2) is 0 Å². The molecule has 1 unspecified atom stereocenters. The van der Waals surface area contributed by atoms with Gasteiger partial charge < -0.3 is 9.72 Å². The summed E-state index contributed by atoms with van der Waals surface area (Å²) in [5, 5.41) is 1.38. The molecule has 18 heavy (non-hydrogen) atoms. The van der Waals surface area contributed by atoms with Crippen molar-refractivity contribution in [1.82, 2.24) is 9.88 Å². The van der Waals surface area contributed by atoms with Crippen molar-refractivity contribution in [1.29, 1.82) is 0 Å². The SMILES string of the molecule is CCN1Cc2[nH]c3ccccc3c2CC1COC. The van der Waals surface area contributed by atoms with Gasteiger partial charge in [-0.25, -0.2) is 0 Å². The van der Waals surface area contributed by atoms with Crippen molar-refractivity contribution in [2.24, 2.45) is 0 Å². The summed E-state index contributed by atoms with van der Waals surface area (Å²) in [6.45, 7) is 5.11. The number of benzene rings is 1. The largest absolute Gasteiger partial charge is 0.383 e. The van der Waals surface area contributed by atoms with Crippen LogP contribution in [-0.4, -0.2) is 36.2 Å². The highest BCUT2D eigenvalue weighted by atomic mass is 16.5. The maximum Gasteiger partial charge on any atom is 0.0621 e. The van der Waals surface area contributed by atoms with Crippen LogP contribution >= 0.6 is 0 Å². The zero-order valence-electron chi connectivity index (χ0n) is 11.1. The van der Waals surface area contributed by atoms with Crippen molar-refractivity contribution in [3.63, 3.8) is 0 Å². The van der Waals surface area contributed by atoms with Crippen LogP contribution in [0.1, 0.15) is 18.2 Å². The molecule has 1 N–H and O–H groups in total. The number of para-hydroxylation sites is 1. The lowest BCUT2D eigenvalue weighted by Crippen LogP contribution is -2.42. The van der Waals surface area contributed by atoms with E-state index in [0.717, 1.165) is 26.1 Å². The molecule has 1 aromatic carbocycles. The zero-order chi connectivity index (χ0) is 12.5. The molecule has 96 valence electrons. The van der Waals surface area contributed by atoms with Gasteiger partial charge in [0, 0.05) is 36.3 Å². The molecule has 0 amide bonds. The maximum atomic E-state index is 5.37. The Morgan fingerprint density at radius 2 is 2.22 bits per heavy atom. The average Bonchev–Trinajstić information content (AvgIpc) is 2.76. The second kappa shape index (κ2) is 4.75. The van der Waals surface area contributed by atoms with Crippen molar-refractivity contribution in [3.05, 3.63) is 35.5 Å². The van der Waals surface area contributed by atoms with Gasteiger partial charge in [-0.3, -0.25) is 4.90 Å². The summed E-state index contributed by atoms with van der Waals surface area (Å²) in [5.74, 6) is 0. The van der Waals surface area contributed by atoms with Crippen molar-refractivity contribution in [2.75, 3.05) is 20.3 Å². The first-order chi connectivity index (χ1) is 8.83. The van der Waals surface area contributed by atoms with E-state index in [1.54, 1.807) is 7.11 Å². The molecule has 1 aliphatic rings. The van der Waals surface area contributed by atoms with Crippen LogP contribution < -0.4 is 0 Å². The lowest BCUT2D eigenvalue weighted by Gasteiger charge is -2.34. The minimum Gasteiger partial charge on any atom is -0.383 e. The number of nitrogens with zero attached hydrogens (tertiary/aromatic N) is 1. The van der Waals surface area contributed by atoms with E-state index in [-0.39, 0.29) is 0 Å². The fourth-order valence-electron chi connectivity index (χ4n) is 3.05. The Balaban J connectivity index is 2.02. The molecule has 3 rings (SSSR count). The monoisotopic (exact) mass is 244 g/mol. The van der Waals surface area contributed by atoms with E-state index in [1.807, 2.05) is 0 Å². The molecule has 0 fully saturated rings.